The molecule has 0 aliphatic carbocycles. The van der Waals surface area contributed by atoms with Gasteiger partial charge in [-0.3, -0.25) is 9.59 Å². The zero-order valence-corrected chi connectivity index (χ0v) is 12.6. The Kier molecular flexibility index (Phi) is 5.20. The quantitative estimate of drug-likeness (QED) is 0.866. The molecular weight excluding hydrogens is 268 g/mol. The summed E-state index contributed by atoms with van der Waals surface area (Å²) < 4.78 is 5.10. The standard InChI is InChI=1S/C16H22N2O3/c1-12-5-4-8-18(11-12)16(20)10-15(19)17-13-6-3-7-14(9-13)21-2/h3,6-7,9,12H,4-5,8,10-11H2,1-2H3,(H,17,19). The first-order valence-corrected chi connectivity index (χ1v) is 7.30. The summed E-state index contributed by atoms with van der Waals surface area (Å²) >= 11 is 0. The summed E-state index contributed by atoms with van der Waals surface area (Å²) in [5.74, 6) is 0.807. The van der Waals surface area contributed by atoms with Crippen LogP contribution in [-0.2, 0) is 9.59 Å². The molecule has 2 amide bonds. The number of hydrogen-bond donors (Lipinski definition) is 1. The monoisotopic (exact) mass is 290 g/mol. The summed E-state index contributed by atoms with van der Waals surface area (Å²) in [6.07, 6.45) is 2.06. The third-order valence-electron chi connectivity index (χ3n) is 3.67. The number of ether oxygens (including phenoxy) is 1. The number of piperidine rings is 1. The van der Waals surface area contributed by atoms with Crippen molar-refractivity contribution >= 4 is 17.5 Å². The van der Waals surface area contributed by atoms with Crippen LogP contribution in [0.3, 0.4) is 0 Å². The van der Waals surface area contributed by atoms with E-state index in [1.807, 2.05) is 0 Å². The van der Waals surface area contributed by atoms with E-state index in [4.69, 9.17) is 4.74 Å². The van der Waals surface area contributed by atoms with Gasteiger partial charge in [-0.2, -0.15) is 0 Å². The van der Waals surface area contributed by atoms with Gasteiger partial charge in [0.15, 0.2) is 0 Å². The van der Waals surface area contributed by atoms with Gasteiger partial charge in [-0.05, 0) is 30.9 Å². The minimum absolute atomic E-state index is 0.0954. The number of carbonyl (C=O) groups excluding carboxylic acids is 2. The van der Waals surface area contributed by atoms with E-state index in [9.17, 15) is 9.59 Å². The van der Waals surface area contributed by atoms with Crippen LogP contribution in [0.5, 0.6) is 5.75 Å². The Morgan fingerprint density at radius 1 is 1.43 bits per heavy atom. The molecule has 1 aliphatic rings. The van der Waals surface area contributed by atoms with Gasteiger partial charge < -0.3 is 15.0 Å². The van der Waals surface area contributed by atoms with Gasteiger partial charge in [0.1, 0.15) is 12.2 Å². The highest BCUT2D eigenvalue weighted by atomic mass is 16.5. The van der Waals surface area contributed by atoms with Gasteiger partial charge in [-0.1, -0.05) is 13.0 Å². The van der Waals surface area contributed by atoms with Crippen molar-refractivity contribution in [1.29, 1.82) is 0 Å². The van der Waals surface area contributed by atoms with E-state index in [0.29, 0.717) is 17.4 Å². The molecule has 2 rings (SSSR count). The van der Waals surface area contributed by atoms with Crippen molar-refractivity contribution in [2.45, 2.75) is 26.2 Å². The first kappa shape index (κ1) is 15.4. The summed E-state index contributed by atoms with van der Waals surface area (Å²) in [6.45, 7) is 3.65. The van der Waals surface area contributed by atoms with Gasteiger partial charge in [0.25, 0.3) is 0 Å². The zero-order chi connectivity index (χ0) is 15.2. The van der Waals surface area contributed by atoms with Crippen LogP contribution >= 0.6 is 0 Å². The van der Waals surface area contributed by atoms with Crippen LogP contribution < -0.4 is 10.1 Å². The fraction of sp³-hybridized carbons (Fsp3) is 0.500. The number of amides is 2. The number of rotatable bonds is 4. The number of benzene rings is 1. The largest absolute Gasteiger partial charge is 0.497 e. The molecule has 1 aliphatic heterocycles. The van der Waals surface area contributed by atoms with Crippen LogP contribution in [-0.4, -0.2) is 36.9 Å². The van der Waals surface area contributed by atoms with E-state index < -0.39 is 0 Å². The molecule has 114 valence electrons. The van der Waals surface area contributed by atoms with E-state index in [0.717, 1.165) is 25.9 Å². The van der Waals surface area contributed by atoms with Crippen LogP contribution in [0.1, 0.15) is 26.2 Å². The topological polar surface area (TPSA) is 58.6 Å². The van der Waals surface area contributed by atoms with Crippen molar-refractivity contribution in [1.82, 2.24) is 4.90 Å². The summed E-state index contributed by atoms with van der Waals surface area (Å²) in [6, 6.07) is 7.09. The third kappa shape index (κ3) is 4.48. The molecule has 1 N–H and O–H groups in total. The number of hydrogen-bond acceptors (Lipinski definition) is 3. The summed E-state index contributed by atoms with van der Waals surface area (Å²) in [5.41, 5.74) is 0.638. The second-order valence-corrected chi connectivity index (χ2v) is 5.54. The molecule has 1 aromatic carbocycles. The van der Waals surface area contributed by atoms with Crippen molar-refractivity contribution in [3.63, 3.8) is 0 Å². The van der Waals surface area contributed by atoms with Gasteiger partial charge in [-0.15, -0.1) is 0 Å². The van der Waals surface area contributed by atoms with Crippen molar-refractivity contribution < 1.29 is 14.3 Å². The zero-order valence-electron chi connectivity index (χ0n) is 12.6. The van der Waals surface area contributed by atoms with Gasteiger partial charge in [0, 0.05) is 24.8 Å². The fourth-order valence-corrected chi connectivity index (χ4v) is 2.57. The van der Waals surface area contributed by atoms with E-state index in [2.05, 4.69) is 12.2 Å². The third-order valence-corrected chi connectivity index (χ3v) is 3.67. The first-order chi connectivity index (χ1) is 10.1. The summed E-state index contributed by atoms with van der Waals surface area (Å²) in [5, 5.41) is 2.73. The molecule has 0 bridgehead atoms. The molecule has 1 fully saturated rings. The maximum Gasteiger partial charge on any atom is 0.233 e. The maximum absolute atomic E-state index is 12.1. The first-order valence-electron chi connectivity index (χ1n) is 7.30. The molecule has 1 unspecified atom stereocenters. The van der Waals surface area contributed by atoms with Crippen LogP contribution in [0.15, 0.2) is 24.3 Å². The number of nitrogens with one attached hydrogen (secondary N) is 1. The van der Waals surface area contributed by atoms with Gasteiger partial charge in [-0.25, -0.2) is 0 Å². The van der Waals surface area contributed by atoms with Crippen molar-refractivity contribution in [2.24, 2.45) is 5.92 Å². The van der Waals surface area contributed by atoms with Crippen LogP contribution in [0, 0.1) is 5.92 Å². The van der Waals surface area contributed by atoms with Crippen molar-refractivity contribution in [3.8, 4) is 5.75 Å². The highest BCUT2D eigenvalue weighted by Gasteiger charge is 2.22. The van der Waals surface area contributed by atoms with Gasteiger partial charge >= 0.3 is 0 Å². The number of anilines is 1. The Bertz CT molecular complexity index is 516. The lowest BCUT2D eigenvalue weighted by Gasteiger charge is -2.30. The normalized spacial score (nSPS) is 18.2. The van der Waals surface area contributed by atoms with Crippen LogP contribution in [0.2, 0.25) is 0 Å². The van der Waals surface area contributed by atoms with Gasteiger partial charge in [0.2, 0.25) is 11.8 Å². The smallest absolute Gasteiger partial charge is 0.233 e. The van der Waals surface area contributed by atoms with Gasteiger partial charge in [0.05, 0.1) is 7.11 Å². The number of methoxy groups -OCH3 is 1. The molecule has 5 nitrogen and oxygen atoms in total. The Morgan fingerprint density at radius 2 is 2.24 bits per heavy atom. The highest BCUT2D eigenvalue weighted by Crippen LogP contribution is 2.18. The minimum Gasteiger partial charge on any atom is -0.497 e. The number of carbonyl (C=O) groups is 2. The number of nitrogens with zero attached hydrogens (tertiary/aromatic N) is 1. The summed E-state index contributed by atoms with van der Waals surface area (Å²) in [7, 11) is 1.57. The average molecular weight is 290 g/mol. The molecule has 1 saturated heterocycles. The van der Waals surface area contributed by atoms with E-state index in [-0.39, 0.29) is 18.2 Å². The van der Waals surface area contributed by atoms with Crippen LogP contribution in [0.4, 0.5) is 5.69 Å². The second kappa shape index (κ2) is 7.11. The Morgan fingerprint density at radius 3 is 2.95 bits per heavy atom. The Hall–Kier alpha value is -2.04. The fourth-order valence-electron chi connectivity index (χ4n) is 2.57. The molecule has 1 atom stereocenters. The average Bonchev–Trinajstić information content (AvgIpc) is 2.47. The molecule has 0 radical (unpaired) electrons. The molecule has 21 heavy (non-hydrogen) atoms. The molecule has 1 heterocycles. The minimum atomic E-state index is -0.286. The van der Waals surface area contributed by atoms with Crippen LogP contribution in [0.25, 0.3) is 0 Å². The SMILES string of the molecule is COc1cccc(NC(=O)CC(=O)N2CCCC(C)C2)c1. The van der Waals surface area contributed by atoms with E-state index in [1.54, 1.807) is 36.3 Å². The molecule has 5 heteroatoms. The Balaban J connectivity index is 1.87. The molecule has 0 saturated carbocycles. The lowest BCUT2D eigenvalue weighted by molar-refractivity contribution is -0.136. The van der Waals surface area contributed by atoms with Crippen molar-refractivity contribution in [3.05, 3.63) is 24.3 Å². The lowest BCUT2D eigenvalue weighted by Crippen LogP contribution is -2.40. The molecule has 0 spiro atoms. The molecule has 1 aromatic rings. The predicted octanol–water partition coefficient (Wildman–Crippen LogP) is 2.28. The summed E-state index contributed by atoms with van der Waals surface area (Å²) in [4.78, 5) is 25.8. The molecule has 0 aromatic heterocycles. The lowest BCUT2D eigenvalue weighted by atomic mass is 10.00. The van der Waals surface area contributed by atoms with E-state index in [1.165, 1.54) is 0 Å². The van der Waals surface area contributed by atoms with Crippen molar-refractivity contribution in [2.75, 3.05) is 25.5 Å². The maximum atomic E-state index is 12.1. The number of likely N-dealkylation sites (tertiary alicyclic amines) is 1. The Labute approximate surface area is 125 Å². The highest BCUT2D eigenvalue weighted by molar-refractivity contribution is 6.03. The predicted molar refractivity (Wildman–Crippen MR) is 81.2 cm³/mol. The molecular formula is C16H22N2O3. The second-order valence-electron chi connectivity index (χ2n) is 5.54. The van der Waals surface area contributed by atoms with E-state index >= 15 is 0 Å².